The van der Waals surface area contributed by atoms with Crippen molar-refractivity contribution in [1.82, 2.24) is 4.90 Å². The molecule has 1 aromatic heterocycles. The number of fused-ring (bicyclic) bond motifs is 1. The van der Waals surface area contributed by atoms with Crippen LogP contribution in [-0.4, -0.2) is 25.0 Å². The van der Waals surface area contributed by atoms with E-state index in [0.29, 0.717) is 5.92 Å². The van der Waals surface area contributed by atoms with E-state index in [9.17, 15) is 0 Å². The Morgan fingerprint density at radius 3 is 2.83 bits per heavy atom. The lowest BCUT2D eigenvalue weighted by atomic mass is 9.91. The standard InChI is InChI=1S/C15H16BrNS/c1-17-8-7-12-14(10-18-15(12)16)13(9-17)11-5-3-2-4-6-11/h2-6,10,13H,7-9H2,1H3. The van der Waals surface area contributed by atoms with Crippen LogP contribution < -0.4 is 0 Å². The van der Waals surface area contributed by atoms with E-state index in [4.69, 9.17) is 0 Å². The van der Waals surface area contributed by atoms with Crippen molar-refractivity contribution in [1.29, 1.82) is 0 Å². The molecule has 1 atom stereocenters. The van der Waals surface area contributed by atoms with Crippen molar-refractivity contribution in [2.45, 2.75) is 12.3 Å². The van der Waals surface area contributed by atoms with Gasteiger partial charge in [-0.1, -0.05) is 30.3 Å². The Labute approximate surface area is 121 Å². The molecule has 1 unspecified atom stereocenters. The number of nitrogens with zero attached hydrogens (tertiary/aromatic N) is 1. The van der Waals surface area contributed by atoms with Gasteiger partial charge >= 0.3 is 0 Å². The van der Waals surface area contributed by atoms with Gasteiger partial charge in [0.25, 0.3) is 0 Å². The van der Waals surface area contributed by atoms with Gasteiger partial charge in [0, 0.05) is 19.0 Å². The molecule has 0 spiro atoms. The van der Waals surface area contributed by atoms with Crippen LogP contribution in [0.4, 0.5) is 0 Å². The van der Waals surface area contributed by atoms with Crippen molar-refractivity contribution >= 4 is 27.3 Å². The molecule has 0 N–H and O–H groups in total. The van der Waals surface area contributed by atoms with Crippen molar-refractivity contribution < 1.29 is 0 Å². The van der Waals surface area contributed by atoms with E-state index in [1.165, 1.54) is 20.5 Å². The highest BCUT2D eigenvalue weighted by Crippen LogP contribution is 2.38. The largest absolute Gasteiger partial charge is 0.305 e. The Kier molecular flexibility index (Phi) is 3.55. The van der Waals surface area contributed by atoms with Crippen molar-refractivity contribution in [3.63, 3.8) is 0 Å². The third kappa shape index (κ3) is 2.27. The summed E-state index contributed by atoms with van der Waals surface area (Å²) in [5.41, 5.74) is 4.46. The molecule has 1 aliphatic heterocycles. The molecule has 0 aliphatic carbocycles. The maximum absolute atomic E-state index is 3.71. The summed E-state index contributed by atoms with van der Waals surface area (Å²) in [7, 11) is 2.22. The van der Waals surface area contributed by atoms with Gasteiger partial charge in [0.2, 0.25) is 0 Å². The Morgan fingerprint density at radius 2 is 2.06 bits per heavy atom. The number of hydrogen-bond donors (Lipinski definition) is 0. The van der Waals surface area contributed by atoms with Crippen LogP contribution >= 0.6 is 27.3 Å². The molecular formula is C15H16BrNS. The summed E-state index contributed by atoms with van der Waals surface area (Å²) in [5, 5.41) is 2.33. The van der Waals surface area contributed by atoms with E-state index in [2.05, 4.69) is 63.6 Å². The smallest absolute Gasteiger partial charge is 0.0733 e. The molecule has 1 aromatic carbocycles. The zero-order valence-electron chi connectivity index (χ0n) is 10.4. The van der Waals surface area contributed by atoms with Crippen LogP contribution in [0.3, 0.4) is 0 Å². The van der Waals surface area contributed by atoms with Crippen molar-refractivity contribution in [3.05, 3.63) is 56.2 Å². The van der Waals surface area contributed by atoms with Gasteiger partial charge in [-0.25, -0.2) is 0 Å². The van der Waals surface area contributed by atoms with Crippen LogP contribution in [0.2, 0.25) is 0 Å². The predicted octanol–water partition coefficient (Wildman–Crippen LogP) is 4.13. The van der Waals surface area contributed by atoms with Gasteiger partial charge in [-0.15, -0.1) is 11.3 Å². The molecule has 94 valence electrons. The van der Waals surface area contributed by atoms with Gasteiger partial charge in [-0.2, -0.15) is 0 Å². The Morgan fingerprint density at radius 1 is 1.28 bits per heavy atom. The van der Waals surface area contributed by atoms with Crippen LogP contribution in [0, 0.1) is 0 Å². The molecular weight excluding hydrogens is 306 g/mol. The maximum atomic E-state index is 3.71. The van der Waals surface area contributed by atoms with Gasteiger partial charge in [0.15, 0.2) is 0 Å². The van der Waals surface area contributed by atoms with Gasteiger partial charge < -0.3 is 4.90 Å². The van der Waals surface area contributed by atoms with E-state index in [1.54, 1.807) is 0 Å². The summed E-state index contributed by atoms with van der Waals surface area (Å²) >= 11 is 5.53. The number of likely N-dealkylation sites (N-methyl/N-ethyl adjacent to an activating group) is 1. The van der Waals surface area contributed by atoms with E-state index in [-0.39, 0.29) is 0 Å². The molecule has 0 saturated carbocycles. The van der Waals surface area contributed by atoms with Crippen LogP contribution in [0.25, 0.3) is 0 Å². The van der Waals surface area contributed by atoms with E-state index >= 15 is 0 Å². The number of thiophene rings is 1. The first-order chi connectivity index (χ1) is 8.75. The molecule has 2 aromatic rings. The summed E-state index contributed by atoms with van der Waals surface area (Å²) in [4.78, 5) is 2.44. The van der Waals surface area contributed by atoms with E-state index < -0.39 is 0 Å². The Balaban J connectivity index is 2.07. The number of hydrogen-bond acceptors (Lipinski definition) is 2. The molecule has 0 amide bonds. The monoisotopic (exact) mass is 321 g/mol. The second-order valence-electron chi connectivity index (χ2n) is 4.92. The second kappa shape index (κ2) is 5.16. The summed E-state index contributed by atoms with van der Waals surface area (Å²) in [6, 6.07) is 10.9. The van der Waals surface area contributed by atoms with Crippen LogP contribution in [0.5, 0.6) is 0 Å². The summed E-state index contributed by atoms with van der Waals surface area (Å²) < 4.78 is 1.31. The normalized spacial score (nSPS) is 20.4. The van der Waals surface area contributed by atoms with Gasteiger partial charge in [0.05, 0.1) is 3.79 Å². The SMILES string of the molecule is CN1CCc2c(csc2Br)C(c2ccccc2)C1. The summed E-state index contributed by atoms with van der Waals surface area (Å²) in [6.45, 7) is 2.26. The fraction of sp³-hybridized carbons (Fsp3) is 0.333. The lowest BCUT2D eigenvalue weighted by Crippen LogP contribution is -2.24. The van der Waals surface area contributed by atoms with Gasteiger partial charge in [0.1, 0.15) is 0 Å². The van der Waals surface area contributed by atoms with Crippen LogP contribution in [0.1, 0.15) is 22.6 Å². The molecule has 2 heterocycles. The summed E-state index contributed by atoms with van der Waals surface area (Å²) in [6.07, 6.45) is 1.15. The minimum atomic E-state index is 0.510. The number of benzene rings is 1. The number of rotatable bonds is 1. The molecule has 0 saturated heterocycles. The molecule has 3 heteroatoms. The van der Waals surface area contributed by atoms with Crippen LogP contribution in [-0.2, 0) is 6.42 Å². The minimum Gasteiger partial charge on any atom is -0.305 e. The Bertz CT molecular complexity index is 535. The fourth-order valence-corrected chi connectivity index (χ4v) is 4.29. The second-order valence-corrected chi connectivity index (χ2v) is 7.12. The number of halogens is 1. The molecule has 18 heavy (non-hydrogen) atoms. The highest BCUT2D eigenvalue weighted by molar-refractivity contribution is 9.11. The zero-order valence-corrected chi connectivity index (χ0v) is 12.8. The predicted molar refractivity (Wildman–Crippen MR) is 81.5 cm³/mol. The van der Waals surface area contributed by atoms with Gasteiger partial charge in [-0.3, -0.25) is 0 Å². The van der Waals surface area contributed by atoms with E-state index in [0.717, 1.165) is 19.5 Å². The zero-order chi connectivity index (χ0) is 12.5. The topological polar surface area (TPSA) is 3.24 Å². The average molecular weight is 322 g/mol. The molecule has 0 radical (unpaired) electrons. The lowest BCUT2D eigenvalue weighted by molar-refractivity contribution is 0.338. The molecule has 0 fully saturated rings. The molecule has 1 aliphatic rings. The molecule has 1 nitrogen and oxygen atoms in total. The van der Waals surface area contributed by atoms with E-state index in [1.807, 2.05) is 11.3 Å². The molecule has 0 bridgehead atoms. The molecule has 3 rings (SSSR count). The van der Waals surface area contributed by atoms with Crippen molar-refractivity contribution in [3.8, 4) is 0 Å². The first-order valence-corrected chi connectivity index (χ1v) is 7.92. The lowest BCUT2D eigenvalue weighted by Gasteiger charge is -2.21. The third-order valence-corrected chi connectivity index (χ3v) is 5.55. The third-order valence-electron chi connectivity index (χ3n) is 3.69. The highest BCUT2D eigenvalue weighted by atomic mass is 79.9. The highest BCUT2D eigenvalue weighted by Gasteiger charge is 2.25. The Hall–Kier alpha value is -0.640. The van der Waals surface area contributed by atoms with Gasteiger partial charge in [-0.05, 0) is 51.5 Å². The maximum Gasteiger partial charge on any atom is 0.0733 e. The minimum absolute atomic E-state index is 0.510. The van der Waals surface area contributed by atoms with Crippen LogP contribution in [0.15, 0.2) is 39.5 Å². The fourth-order valence-electron chi connectivity index (χ4n) is 2.68. The van der Waals surface area contributed by atoms with Crippen molar-refractivity contribution in [2.75, 3.05) is 20.1 Å². The van der Waals surface area contributed by atoms with Crippen molar-refractivity contribution in [2.24, 2.45) is 0 Å². The first-order valence-electron chi connectivity index (χ1n) is 6.25. The first kappa shape index (κ1) is 12.4. The quantitative estimate of drug-likeness (QED) is 0.763. The average Bonchev–Trinajstić information content (AvgIpc) is 2.66. The summed E-state index contributed by atoms with van der Waals surface area (Å²) in [5.74, 6) is 0.510.